The van der Waals surface area contributed by atoms with Gasteiger partial charge in [0.2, 0.25) is 10.0 Å². The highest BCUT2D eigenvalue weighted by molar-refractivity contribution is 7.89. The van der Waals surface area contributed by atoms with Crippen LogP contribution in [0.3, 0.4) is 0 Å². The first-order chi connectivity index (χ1) is 19.4. The highest BCUT2D eigenvalue weighted by Gasteiger charge is 2.30. The van der Waals surface area contributed by atoms with Gasteiger partial charge in [0.1, 0.15) is 0 Å². The van der Waals surface area contributed by atoms with Gasteiger partial charge in [-0.15, -0.1) is 0 Å². The van der Waals surface area contributed by atoms with Crippen LogP contribution in [0.2, 0.25) is 0 Å². The van der Waals surface area contributed by atoms with Gasteiger partial charge in [0, 0.05) is 41.7 Å². The third-order valence-corrected chi connectivity index (χ3v) is 9.58. The third kappa shape index (κ3) is 6.28. The molecule has 2 N–H and O–H groups in total. The molecule has 1 aliphatic rings. The molecule has 6 nitrogen and oxygen atoms in total. The minimum atomic E-state index is -3.76. The van der Waals surface area contributed by atoms with Crippen molar-refractivity contribution in [2.24, 2.45) is 11.8 Å². The molecule has 0 bridgehead atoms. The molecule has 208 valence electrons. The molecule has 0 spiro atoms. The maximum absolute atomic E-state index is 13.6. The van der Waals surface area contributed by atoms with Crippen LogP contribution in [0.1, 0.15) is 41.3 Å². The van der Waals surface area contributed by atoms with Crippen LogP contribution in [0.4, 0.5) is 5.69 Å². The van der Waals surface area contributed by atoms with Crippen LogP contribution in [0.5, 0.6) is 0 Å². The number of carbonyl (C=O) groups excluding carboxylic acids is 1. The molecule has 7 heteroatoms. The third-order valence-electron chi connectivity index (χ3n) is 8.10. The first-order valence-corrected chi connectivity index (χ1v) is 15.5. The standard InChI is InChI=1S/C33H37N3O3S/c1-3-26-23-36(22-25-12-5-4-6-13-25)20-19-27(26)21-34-40(38,39)32-18-17-31(29-15-9-10-16-30(29)32)35-33(37)28-14-8-7-11-24(28)2/h4-18,26-27,34H,3,19-23H2,1-2H3,(H,35,37)/t26-,27-/m1/s1. The van der Waals surface area contributed by atoms with Crippen LogP contribution in [0.25, 0.3) is 10.8 Å². The molecule has 40 heavy (non-hydrogen) atoms. The van der Waals surface area contributed by atoms with Crippen LogP contribution in [-0.2, 0) is 16.6 Å². The van der Waals surface area contributed by atoms with Crippen molar-refractivity contribution >= 4 is 32.4 Å². The monoisotopic (exact) mass is 555 g/mol. The molecule has 4 aromatic rings. The predicted molar refractivity (Wildman–Crippen MR) is 162 cm³/mol. The summed E-state index contributed by atoms with van der Waals surface area (Å²) in [4.78, 5) is 15.7. The summed E-state index contributed by atoms with van der Waals surface area (Å²) in [6.07, 6.45) is 1.97. The van der Waals surface area contributed by atoms with E-state index >= 15 is 0 Å². The molecule has 1 saturated heterocycles. The van der Waals surface area contributed by atoms with Crippen LogP contribution >= 0.6 is 0 Å². The number of rotatable bonds is 9. The highest BCUT2D eigenvalue weighted by atomic mass is 32.2. The van der Waals surface area contributed by atoms with Crippen LogP contribution in [-0.4, -0.2) is 38.9 Å². The number of aryl methyl sites for hydroxylation is 1. The van der Waals surface area contributed by atoms with Crippen molar-refractivity contribution in [3.8, 4) is 0 Å². The number of fused-ring (bicyclic) bond motifs is 1. The Morgan fingerprint density at radius 1 is 0.875 bits per heavy atom. The zero-order valence-corrected chi connectivity index (χ0v) is 24.0. The van der Waals surface area contributed by atoms with Crippen molar-refractivity contribution in [1.82, 2.24) is 9.62 Å². The summed E-state index contributed by atoms with van der Waals surface area (Å²) in [7, 11) is -3.76. The molecule has 0 unspecified atom stereocenters. The normalized spacial score (nSPS) is 18.1. The van der Waals surface area contributed by atoms with Gasteiger partial charge >= 0.3 is 0 Å². The molecule has 0 radical (unpaired) electrons. The Morgan fingerprint density at radius 3 is 2.33 bits per heavy atom. The maximum Gasteiger partial charge on any atom is 0.255 e. The van der Waals surface area contributed by atoms with E-state index < -0.39 is 10.0 Å². The number of carbonyl (C=O) groups is 1. The van der Waals surface area contributed by atoms with Gasteiger partial charge in [-0.3, -0.25) is 9.69 Å². The lowest BCUT2D eigenvalue weighted by Crippen LogP contribution is -2.44. The van der Waals surface area contributed by atoms with Crippen molar-refractivity contribution in [3.05, 3.63) is 108 Å². The minimum absolute atomic E-state index is 0.221. The first kappa shape index (κ1) is 28.0. The summed E-state index contributed by atoms with van der Waals surface area (Å²) in [6.45, 7) is 7.35. The van der Waals surface area contributed by atoms with Crippen molar-refractivity contribution in [3.63, 3.8) is 0 Å². The molecule has 5 rings (SSSR count). The summed E-state index contributed by atoms with van der Waals surface area (Å²) < 4.78 is 30.1. The van der Waals surface area contributed by atoms with E-state index in [1.165, 1.54) is 5.56 Å². The molecule has 2 atom stereocenters. The Bertz CT molecular complexity index is 1590. The SMILES string of the molecule is CC[C@@H]1CN(Cc2ccccc2)CC[C@@H]1CNS(=O)(=O)c1ccc(NC(=O)c2ccccc2C)c2ccccc12. The van der Waals surface area contributed by atoms with Crippen LogP contribution in [0, 0.1) is 18.8 Å². The fourth-order valence-electron chi connectivity index (χ4n) is 5.80. The summed E-state index contributed by atoms with van der Waals surface area (Å²) in [6, 6.07) is 28.5. The quantitative estimate of drug-likeness (QED) is 0.257. The maximum atomic E-state index is 13.6. The van der Waals surface area contributed by atoms with E-state index in [1.807, 2.05) is 49.4 Å². The zero-order chi connectivity index (χ0) is 28.1. The lowest BCUT2D eigenvalue weighted by Gasteiger charge is -2.38. The molecule has 0 aromatic heterocycles. The number of nitrogens with zero attached hydrogens (tertiary/aromatic N) is 1. The molecule has 0 saturated carbocycles. The van der Waals surface area contributed by atoms with Crippen molar-refractivity contribution in [2.45, 2.75) is 38.1 Å². The Morgan fingerprint density at radius 2 is 1.57 bits per heavy atom. The van der Waals surface area contributed by atoms with Gasteiger partial charge in [-0.05, 0) is 61.1 Å². The Labute approximate surface area is 237 Å². The summed E-state index contributed by atoms with van der Waals surface area (Å²) in [5, 5.41) is 4.25. The number of hydrogen-bond donors (Lipinski definition) is 2. The summed E-state index contributed by atoms with van der Waals surface area (Å²) >= 11 is 0. The molecule has 1 heterocycles. The Kier molecular flexibility index (Phi) is 8.64. The highest BCUT2D eigenvalue weighted by Crippen LogP contribution is 2.31. The fraction of sp³-hybridized carbons (Fsp3) is 0.303. The topological polar surface area (TPSA) is 78.5 Å². The summed E-state index contributed by atoms with van der Waals surface area (Å²) in [5.74, 6) is 0.489. The number of sulfonamides is 1. The van der Waals surface area contributed by atoms with E-state index in [4.69, 9.17) is 0 Å². The smallest absolute Gasteiger partial charge is 0.255 e. The van der Waals surface area contributed by atoms with Gasteiger partial charge in [0.05, 0.1) is 4.90 Å². The van der Waals surface area contributed by atoms with Gasteiger partial charge in [0.15, 0.2) is 0 Å². The Balaban J connectivity index is 1.30. The average molecular weight is 556 g/mol. The van der Waals surface area contributed by atoms with Gasteiger partial charge in [-0.25, -0.2) is 13.1 Å². The molecule has 1 aliphatic heterocycles. The number of likely N-dealkylation sites (tertiary alicyclic amines) is 1. The number of nitrogens with one attached hydrogen (secondary N) is 2. The van der Waals surface area contributed by atoms with Gasteiger partial charge < -0.3 is 5.32 Å². The van der Waals surface area contributed by atoms with E-state index in [0.717, 1.165) is 38.0 Å². The van der Waals surface area contributed by atoms with E-state index in [1.54, 1.807) is 24.3 Å². The number of benzene rings is 4. The van der Waals surface area contributed by atoms with Crippen LogP contribution in [0.15, 0.2) is 95.9 Å². The average Bonchev–Trinajstić information content (AvgIpc) is 2.97. The van der Waals surface area contributed by atoms with Crippen molar-refractivity contribution < 1.29 is 13.2 Å². The number of hydrogen-bond acceptors (Lipinski definition) is 4. The first-order valence-electron chi connectivity index (χ1n) is 14.0. The van der Waals surface area contributed by atoms with E-state index in [9.17, 15) is 13.2 Å². The van der Waals surface area contributed by atoms with Gasteiger partial charge in [-0.1, -0.05) is 86.1 Å². The van der Waals surface area contributed by atoms with Crippen molar-refractivity contribution in [2.75, 3.05) is 25.0 Å². The lowest BCUT2D eigenvalue weighted by molar-refractivity contribution is 0.102. The van der Waals surface area contributed by atoms with E-state index in [2.05, 4.69) is 46.1 Å². The fourth-order valence-corrected chi connectivity index (χ4v) is 7.10. The molecular formula is C33H37N3O3S. The zero-order valence-electron chi connectivity index (χ0n) is 23.1. The second-order valence-corrected chi connectivity index (χ2v) is 12.5. The van der Waals surface area contributed by atoms with Crippen LogP contribution < -0.4 is 10.0 Å². The van der Waals surface area contributed by atoms with E-state index in [-0.39, 0.29) is 16.7 Å². The molecule has 1 amide bonds. The molecule has 1 fully saturated rings. The van der Waals surface area contributed by atoms with E-state index in [0.29, 0.717) is 34.5 Å². The van der Waals surface area contributed by atoms with Crippen molar-refractivity contribution in [1.29, 1.82) is 0 Å². The van der Waals surface area contributed by atoms with Gasteiger partial charge in [0.25, 0.3) is 5.91 Å². The summed E-state index contributed by atoms with van der Waals surface area (Å²) in [5.41, 5.74) is 3.36. The Hall–Kier alpha value is -3.52. The number of piperidine rings is 1. The largest absolute Gasteiger partial charge is 0.321 e. The van der Waals surface area contributed by atoms with Gasteiger partial charge in [-0.2, -0.15) is 0 Å². The number of anilines is 1. The second-order valence-electron chi connectivity index (χ2n) is 10.7. The minimum Gasteiger partial charge on any atom is -0.321 e. The molecule has 4 aromatic carbocycles. The number of amides is 1. The molecular weight excluding hydrogens is 518 g/mol. The molecule has 0 aliphatic carbocycles. The second kappa shape index (κ2) is 12.3. The lowest BCUT2D eigenvalue weighted by atomic mass is 9.83. The predicted octanol–water partition coefficient (Wildman–Crippen LogP) is 6.23.